The predicted octanol–water partition coefficient (Wildman–Crippen LogP) is 3.05. The molecule has 2 aromatic carbocycles. The molecule has 0 unspecified atom stereocenters. The van der Waals surface area contributed by atoms with Crippen molar-refractivity contribution in [2.75, 3.05) is 12.3 Å². The third-order valence-corrected chi connectivity index (χ3v) is 5.81. The van der Waals surface area contributed by atoms with Gasteiger partial charge in [0.25, 0.3) is 0 Å². The standard InChI is InChI=1S/C20H21ClN8S/c1-28-20(23-26-27-28)30-12-11-22-13-18-19(15-7-3-2-4-8-15)25-29(24-18)14-16-9-5-6-10-17(16)21/h2-10,22H,11-14H2,1H3. The van der Waals surface area contributed by atoms with Crippen LogP contribution in [0, 0.1) is 0 Å². The molecule has 2 aromatic heterocycles. The molecule has 0 aliphatic carbocycles. The third-order valence-electron chi connectivity index (χ3n) is 4.43. The number of hydrogen-bond acceptors (Lipinski definition) is 7. The molecular formula is C20H21ClN8S. The quantitative estimate of drug-likeness (QED) is 0.316. The second-order valence-electron chi connectivity index (χ2n) is 6.59. The number of nitrogens with zero attached hydrogens (tertiary/aromatic N) is 7. The zero-order chi connectivity index (χ0) is 20.8. The van der Waals surface area contributed by atoms with Crippen molar-refractivity contribution < 1.29 is 0 Å². The molecule has 0 atom stereocenters. The average molecular weight is 441 g/mol. The van der Waals surface area contributed by atoms with Crippen LogP contribution in [0.5, 0.6) is 0 Å². The number of aryl methyl sites for hydroxylation is 1. The van der Waals surface area contributed by atoms with E-state index in [0.29, 0.717) is 18.1 Å². The number of aromatic nitrogens is 7. The number of rotatable bonds is 9. The highest BCUT2D eigenvalue weighted by molar-refractivity contribution is 7.99. The lowest BCUT2D eigenvalue weighted by molar-refractivity contribution is 0.579. The Hall–Kier alpha value is -2.75. The average Bonchev–Trinajstić information content (AvgIpc) is 3.36. The van der Waals surface area contributed by atoms with E-state index in [4.69, 9.17) is 21.8 Å². The highest BCUT2D eigenvalue weighted by Gasteiger charge is 2.14. The van der Waals surface area contributed by atoms with E-state index < -0.39 is 0 Å². The summed E-state index contributed by atoms with van der Waals surface area (Å²) in [7, 11) is 1.83. The molecule has 0 bridgehead atoms. The molecular weight excluding hydrogens is 420 g/mol. The molecule has 0 amide bonds. The Bertz CT molecular complexity index is 1100. The van der Waals surface area contributed by atoms with Crippen molar-refractivity contribution in [2.24, 2.45) is 7.05 Å². The number of tetrazole rings is 1. The van der Waals surface area contributed by atoms with Crippen molar-refractivity contribution in [2.45, 2.75) is 18.2 Å². The first-order valence-corrected chi connectivity index (χ1v) is 10.9. The lowest BCUT2D eigenvalue weighted by Crippen LogP contribution is -2.18. The summed E-state index contributed by atoms with van der Waals surface area (Å²) >= 11 is 7.92. The minimum Gasteiger partial charge on any atom is -0.310 e. The van der Waals surface area contributed by atoms with E-state index in [1.165, 1.54) is 0 Å². The van der Waals surface area contributed by atoms with E-state index in [2.05, 4.69) is 20.8 Å². The fourth-order valence-corrected chi connectivity index (χ4v) is 3.88. The van der Waals surface area contributed by atoms with Gasteiger partial charge in [0, 0.05) is 36.5 Å². The molecule has 0 aliphatic rings. The van der Waals surface area contributed by atoms with E-state index in [9.17, 15) is 0 Å². The van der Waals surface area contributed by atoms with Gasteiger partial charge in [0.15, 0.2) is 0 Å². The highest BCUT2D eigenvalue weighted by Crippen LogP contribution is 2.22. The predicted molar refractivity (Wildman–Crippen MR) is 117 cm³/mol. The molecule has 0 fully saturated rings. The molecule has 154 valence electrons. The first-order chi connectivity index (χ1) is 14.7. The Morgan fingerprint density at radius 1 is 1.03 bits per heavy atom. The molecule has 1 N–H and O–H groups in total. The minimum atomic E-state index is 0.522. The molecule has 10 heteroatoms. The maximum Gasteiger partial charge on any atom is 0.209 e. The van der Waals surface area contributed by atoms with Crippen LogP contribution >= 0.6 is 23.4 Å². The minimum absolute atomic E-state index is 0.522. The largest absolute Gasteiger partial charge is 0.310 e. The van der Waals surface area contributed by atoms with Crippen LogP contribution in [-0.2, 0) is 20.1 Å². The molecule has 0 saturated heterocycles. The number of hydrogen-bond donors (Lipinski definition) is 1. The summed E-state index contributed by atoms with van der Waals surface area (Å²) < 4.78 is 1.67. The first kappa shape index (κ1) is 20.5. The number of thioether (sulfide) groups is 1. The van der Waals surface area contributed by atoms with E-state index in [1.54, 1.807) is 21.2 Å². The lowest BCUT2D eigenvalue weighted by atomic mass is 10.1. The topological polar surface area (TPSA) is 86.3 Å². The van der Waals surface area contributed by atoms with Crippen molar-refractivity contribution in [1.29, 1.82) is 0 Å². The zero-order valence-corrected chi connectivity index (χ0v) is 18.0. The van der Waals surface area contributed by atoms with Gasteiger partial charge in [0.1, 0.15) is 11.4 Å². The zero-order valence-electron chi connectivity index (χ0n) is 16.4. The second kappa shape index (κ2) is 9.84. The lowest BCUT2D eigenvalue weighted by Gasteiger charge is -2.04. The molecule has 8 nitrogen and oxygen atoms in total. The van der Waals surface area contributed by atoms with Crippen molar-refractivity contribution >= 4 is 23.4 Å². The van der Waals surface area contributed by atoms with Crippen LogP contribution < -0.4 is 5.32 Å². The molecule has 0 radical (unpaired) electrons. The second-order valence-corrected chi connectivity index (χ2v) is 8.06. The van der Waals surface area contributed by atoms with Crippen LogP contribution in [0.25, 0.3) is 11.3 Å². The van der Waals surface area contributed by atoms with Crippen LogP contribution in [-0.4, -0.2) is 47.5 Å². The van der Waals surface area contributed by atoms with Crippen LogP contribution in [0.2, 0.25) is 5.02 Å². The number of benzene rings is 2. The smallest absolute Gasteiger partial charge is 0.209 e. The van der Waals surface area contributed by atoms with Gasteiger partial charge in [-0.3, -0.25) is 0 Å². The molecule has 4 rings (SSSR count). The summed E-state index contributed by atoms with van der Waals surface area (Å²) in [5.41, 5.74) is 3.81. The van der Waals surface area contributed by atoms with Gasteiger partial charge in [0.05, 0.1) is 6.54 Å². The summed E-state index contributed by atoms with van der Waals surface area (Å²) in [4.78, 5) is 1.71. The molecule has 30 heavy (non-hydrogen) atoms. The van der Waals surface area contributed by atoms with Gasteiger partial charge in [-0.15, -0.1) is 5.10 Å². The van der Waals surface area contributed by atoms with Crippen LogP contribution in [0.15, 0.2) is 59.8 Å². The fraction of sp³-hybridized carbons (Fsp3) is 0.250. The maximum absolute atomic E-state index is 6.31. The first-order valence-electron chi connectivity index (χ1n) is 9.49. The van der Waals surface area contributed by atoms with Gasteiger partial charge < -0.3 is 5.32 Å². The third kappa shape index (κ3) is 5.05. The Morgan fingerprint density at radius 3 is 2.60 bits per heavy atom. The van der Waals surface area contributed by atoms with Gasteiger partial charge in [-0.05, 0) is 22.1 Å². The van der Waals surface area contributed by atoms with E-state index in [-0.39, 0.29) is 0 Å². The maximum atomic E-state index is 6.31. The molecule has 0 saturated carbocycles. The van der Waals surface area contributed by atoms with Gasteiger partial charge in [-0.25, -0.2) is 4.68 Å². The molecule has 4 aromatic rings. The normalized spacial score (nSPS) is 11.1. The summed E-state index contributed by atoms with van der Waals surface area (Å²) in [5.74, 6) is 0.850. The Morgan fingerprint density at radius 2 is 1.83 bits per heavy atom. The summed E-state index contributed by atoms with van der Waals surface area (Å²) in [6, 6.07) is 17.9. The Labute approximate surface area is 183 Å². The van der Waals surface area contributed by atoms with Crippen molar-refractivity contribution in [3.8, 4) is 11.3 Å². The van der Waals surface area contributed by atoms with E-state index in [1.807, 2.05) is 61.6 Å². The van der Waals surface area contributed by atoms with Gasteiger partial charge in [0.2, 0.25) is 5.16 Å². The van der Waals surface area contributed by atoms with E-state index in [0.717, 1.165) is 40.0 Å². The van der Waals surface area contributed by atoms with Crippen molar-refractivity contribution in [1.82, 2.24) is 40.5 Å². The molecule has 0 spiro atoms. The molecule has 0 aliphatic heterocycles. The van der Waals surface area contributed by atoms with E-state index >= 15 is 0 Å². The number of halogens is 1. The summed E-state index contributed by atoms with van der Waals surface area (Å²) in [6.45, 7) is 1.93. The summed E-state index contributed by atoms with van der Waals surface area (Å²) in [6.07, 6.45) is 0. The van der Waals surface area contributed by atoms with Gasteiger partial charge in [-0.2, -0.15) is 15.0 Å². The van der Waals surface area contributed by atoms with Gasteiger partial charge in [-0.1, -0.05) is 71.9 Å². The fourth-order valence-electron chi connectivity index (χ4n) is 2.94. The van der Waals surface area contributed by atoms with Gasteiger partial charge >= 0.3 is 0 Å². The van der Waals surface area contributed by atoms with Crippen molar-refractivity contribution in [3.05, 3.63) is 70.9 Å². The monoisotopic (exact) mass is 440 g/mol. The highest BCUT2D eigenvalue weighted by atomic mass is 35.5. The SMILES string of the molecule is Cn1nnnc1SCCNCc1nn(Cc2ccccc2Cl)nc1-c1ccccc1. The van der Waals surface area contributed by atoms with Crippen LogP contribution in [0.1, 0.15) is 11.3 Å². The van der Waals surface area contributed by atoms with Crippen LogP contribution in [0.4, 0.5) is 0 Å². The number of nitrogens with one attached hydrogen (secondary N) is 1. The van der Waals surface area contributed by atoms with Crippen molar-refractivity contribution in [3.63, 3.8) is 0 Å². The van der Waals surface area contributed by atoms with Crippen LogP contribution in [0.3, 0.4) is 0 Å². The Balaban J connectivity index is 1.44. The summed E-state index contributed by atoms with van der Waals surface area (Å²) in [5, 5.41) is 25.9. The Kier molecular flexibility index (Phi) is 6.73. The molecule has 2 heterocycles.